The molecular weight excluding hydrogens is 290 g/mol. The fourth-order valence-electron chi connectivity index (χ4n) is 2.47. The zero-order valence-corrected chi connectivity index (χ0v) is 12.5. The van der Waals surface area contributed by atoms with Gasteiger partial charge < -0.3 is 14.2 Å². The lowest BCUT2D eigenvalue weighted by Gasteiger charge is -2.35. The van der Waals surface area contributed by atoms with Gasteiger partial charge in [-0.15, -0.1) is 0 Å². The minimum absolute atomic E-state index is 0.0516. The largest absolute Gasteiger partial charge is 0.459 e. The average Bonchev–Trinajstić information content (AvgIpc) is 2.93. The quantitative estimate of drug-likeness (QED) is 0.856. The first-order valence-corrected chi connectivity index (χ1v) is 7.23. The number of aromatic nitrogens is 1. The van der Waals surface area contributed by atoms with E-state index in [0.717, 1.165) is 11.4 Å². The van der Waals surface area contributed by atoms with Gasteiger partial charge in [0.1, 0.15) is 5.82 Å². The van der Waals surface area contributed by atoms with Crippen molar-refractivity contribution < 1.29 is 9.21 Å². The molecule has 0 radical (unpaired) electrons. The zero-order valence-electron chi connectivity index (χ0n) is 11.8. The third-order valence-electron chi connectivity index (χ3n) is 3.66. The summed E-state index contributed by atoms with van der Waals surface area (Å²) in [5, 5.41) is 0.638. The Labute approximate surface area is 128 Å². The monoisotopic (exact) mass is 305 g/mol. The molecule has 1 saturated heterocycles. The summed E-state index contributed by atoms with van der Waals surface area (Å²) in [5.41, 5.74) is 0.871. The molecule has 0 bridgehead atoms. The molecule has 0 aromatic carbocycles. The number of anilines is 1. The summed E-state index contributed by atoms with van der Waals surface area (Å²) < 4.78 is 5.27. The highest BCUT2D eigenvalue weighted by atomic mass is 35.5. The molecule has 3 rings (SSSR count). The molecule has 6 heteroatoms. The number of aryl methyl sites for hydroxylation is 1. The van der Waals surface area contributed by atoms with Crippen LogP contribution in [0.15, 0.2) is 35.1 Å². The normalized spacial score (nSPS) is 15.3. The predicted molar refractivity (Wildman–Crippen MR) is 80.8 cm³/mol. The van der Waals surface area contributed by atoms with E-state index in [-0.39, 0.29) is 5.91 Å². The molecule has 2 aromatic heterocycles. The molecule has 21 heavy (non-hydrogen) atoms. The number of hydrogen-bond acceptors (Lipinski definition) is 4. The second-order valence-corrected chi connectivity index (χ2v) is 5.43. The molecular formula is C15H16ClN3O2. The van der Waals surface area contributed by atoms with E-state index in [4.69, 9.17) is 16.0 Å². The Kier molecular flexibility index (Phi) is 3.84. The third-order valence-corrected chi connectivity index (χ3v) is 3.96. The molecule has 1 aliphatic heterocycles. The second-order valence-electron chi connectivity index (χ2n) is 5.02. The van der Waals surface area contributed by atoms with E-state index in [1.807, 2.05) is 19.1 Å². The summed E-state index contributed by atoms with van der Waals surface area (Å²) in [6, 6.07) is 5.44. The van der Waals surface area contributed by atoms with Crippen LogP contribution in [0.5, 0.6) is 0 Å². The summed E-state index contributed by atoms with van der Waals surface area (Å²) in [6.45, 7) is 4.56. The van der Waals surface area contributed by atoms with E-state index >= 15 is 0 Å². The Morgan fingerprint density at radius 3 is 2.67 bits per heavy atom. The van der Waals surface area contributed by atoms with Crippen molar-refractivity contribution in [3.05, 3.63) is 47.0 Å². The molecule has 0 N–H and O–H groups in total. The molecule has 2 aromatic rings. The highest BCUT2D eigenvalue weighted by molar-refractivity contribution is 6.32. The highest BCUT2D eigenvalue weighted by Gasteiger charge is 2.26. The molecule has 5 nitrogen and oxygen atoms in total. The van der Waals surface area contributed by atoms with Crippen LogP contribution in [0.4, 0.5) is 5.82 Å². The van der Waals surface area contributed by atoms with Crippen molar-refractivity contribution in [3.8, 4) is 0 Å². The van der Waals surface area contributed by atoms with Crippen molar-refractivity contribution in [3.63, 3.8) is 0 Å². The molecule has 1 aliphatic rings. The van der Waals surface area contributed by atoms with E-state index < -0.39 is 0 Å². The maximum atomic E-state index is 12.4. The van der Waals surface area contributed by atoms with Crippen LogP contribution >= 0.6 is 11.6 Å². The summed E-state index contributed by atoms with van der Waals surface area (Å²) in [5.74, 6) is 1.16. The molecule has 1 amide bonds. The van der Waals surface area contributed by atoms with Crippen LogP contribution in [0.3, 0.4) is 0 Å². The average molecular weight is 306 g/mol. The van der Waals surface area contributed by atoms with Gasteiger partial charge in [-0.25, -0.2) is 4.98 Å². The van der Waals surface area contributed by atoms with Gasteiger partial charge in [0.05, 0.1) is 11.3 Å². The number of halogens is 1. The number of amides is 1. The lowest BCUT2D eigenvalue weighted by Crippen LogP contribution is -2.49. The molecule has 0 unspecified atom stereocenters. The number of furan rings is 1. The summed E-state index contributed by atoms with van der Waals surface area (Å²) in [6.07, 6.45) is 3.28. The molecule has 0 saturated carbocycles. The number of hydrogen-bond donors (Lipinski definition) is 0. The fourth-order valence-corrected chi connectivity index (χ4v) is 2.71. The summed E-state index contributed by atoms with van der Waals surface area (Å²) >= 11 is 6.16. The number of carbonyl (C=O) groups excluding carboxylic acids is 1. The van der Waals surface area contributed by atoms with Gasteiger partial charge in [0.25, 0.3) is 5.91 Å². The minimum atomic E-state index is -0.0516. The molecule has 0 atom stereocenters. The topological polar surface area (TPSA) is 49.6 Å². The number of piperazine rings is 1. The van der Waals surface area contributed by atoms with Crippen LogP contribution in [0.25, 0.3) is 0 Å². The van der Waals surface area contributed by atoms with Gasteiger partial charge in [0.15, 0.2) is 5.76 Å². The van der Waals surface area contributed by atoms with Crippen molar-refractivity contribution in [1.29, 1.82) is 0 Å². The van der Waals surface area contributed by atoms with E-state index in [0.29, 0.717) is 37.0 Å². The number of rotatable bonds is 2. The number of pyridine rings is 1. The lowest BCUT2D eigenvalue weighted by atomic mass is 10.2. The summed E-state index contributed by atoms with van der Waals surface area (Å²) in [4.78, 5) is 20.6. The van der Waals surface area contributed by atoms with Crippen LogP contribution in [-0.2, 0) is 0 Å². The Morgan fingerprint density at radius 1 is 1.29 bits per heavy atom. The summed E-state index contributed by atoms with van der Waals surface area (Å²) in [7, 11) is 0. The van der Waals surface area contributed by atoms with Crippen molar-refractivity contribution in [2.75, 3.05) is 31.1 Å². The minimum Gasteiger partial charge on any atom is -0.459 e. The highest BCUT2D eigenvalue weighted by Crippen LogP contribution is 2.24. The van der Waals surface area contributed by atoms with Gasteiger partial charge >= 0.3 is 0 Å². The first-order valence-electron chi connectivity index (χ1n) is 6.85. The standard InChI is InChI=1S/C15H16ClN3O2/c1-11-4-10-21-13(11)15(20)19-8-6-18(7-9-19)14-12(16)3-2-5-17-14/h2-5,10H,6-9H2,1H3. The second kappa shape index (κ2) is 5.77. The lowest BCUT2D eigenvalue weighted by molar-refractivity contribution is 0.0713. The molecule has 110 valence electrons. The molecule has 3 heterocycles. The Morgan fingerprint density at radius 2 is 2.05 bits per heavy atom. The smallest absolute Gasteiger partial charge is 0.289 e. The van der Waals surface area contributed by atoms with Crippen molar-refractivity contribution in [2.45, 2.75) is 6.92 Å². The molecule has 1 fully saturated rings. The van der Waals surface area contributed by atoms with Crippen LogP contribution in [0.1, 0.15) is 16.1 Å². The van der Waals surface area contributed by atoms with E-state index in [9.17, 15) is 4.79 Å². The zero-order chi connectivity index (χ0) is 14.8. The predicted octanol–water partition coefficient (Wildman–Crippen LogP) is 2.60. The van der Waals surface area contributed by atoms with Crippen LogP contribution in [0, 0.1) is 6.92 Å². The number of nitrogens with zero attached hydrogens (tertiary/aromatic N) is 3. The molecule has 0 aliphatic carbocycles. The molecule has 0 spiro atoms. The maximum absolute atomic E-state index is 12.4. The van der Waals surface area contributed by atoms with Gasteiger partial charge in [0, 0.05) is 37.9 Å². The van der Waals surface area contributed by atoms with Gasteiger partial charge in [-0.3, -0.25) is 4.79 Å². The van der Waals surface area contributed by atoms with Gasteiger partial charge in [-0.1, -0.05) is 11.6 Å². The van der Waals surface area contributed by atoms with Gasteiger partial charge in [-0.2, -0.15) is 0 Å². The van der Waals surface area contributed by atoms with Gasteiger partial charge in [0.2, 0.25) is 0 Å². The number of carbonyl (C=O) groups is 1. The maximum Gasteiger partial charge on any atom is 0.289 e. The Balaban J connectivity index is 1.67. The van der Waals surface area contributed by atoms with Crippen LogP contribution in [-0.4, -0.2) is 42.0 Å². The van der Waals surface area contributed by atoms with E-state index in [1.165, 1.54) is 0 Å². The van der Waals surface area contributed by atoms with Crippen LogP contribution < -0.4 is 4.90 Å². The SMILES string of the molecule is Cc1ccoc1C(=O)N1CCN(c2ncccc2Cl)CC1. The van der Waals surface area contributed by atoms with Crippen molar-refractivity contribution in [1.82, 2.24) is 9.88 Å². The van der Waals surface area contributed by atoms with E-state index in [2.05, 4.69) is 9.88 Å². The first-order chi connectivity index (χ1) is 10.2. The Bertz CT molecular complexity index is 648. The van der Waals surface area contributed by atoms with E-state index in [1.54, 1.807) is 23.4 Å². The third kappa shape index (κ3) is 2.74. The Hall–Kier alpha value is -2.01. The fraction of sp³-hybridized carbons (Fsp3) is 0.333. The van der Waals surface area contributed by atoms with Crippen LogP contribution in [0.2, 0.25) is 5.02 Å². The van der Waals surface area contributed by atoms with Gasteiger partial charge in [-0.05, 0) is 25.1 Å². The van der Waals surface area contributed by atoms with Crippen molar-refractivity contribution >= 4 is 23.3 Å². The van der Waals surface area contributed by atoms with Crippen molar-refractivity contribution in [2.24, 2.45) is 0 Å². The first kappa shape index (κ1) is 13.9.